The number of aromatic hydroxyl groups is 2. The van der Waals surface area contributed by atoms with E-state index in [1.165, 1.54) is 22.3 Å². The number of phenols is 2. The molecule has 0 aromatic heterocycles. The Labute approximate surface area is 221 Å². The number of hydrogen-bond acceptors (Lipinski definition) is 4. The monoisotopic (exact) mass is 498 g/mol. The number of hydrogen-bond donors (Lipinski definition) is 2. The van der Waals surface area contributed by atoms with Gasteiger partial charge in [-0.15, -0.1) is 0 Å². The van der Waals surface area contributed by atoms with Gasteiger partial charge in [0.2, 0.25) is 0 Å². The van der Waals surface area contributed by atoms with Gasteiger partial charge in [0.15, 0.2) is 0 Å². The van der Waals surface area contributed by atoms with Crippen LogP contribution in [0.15, 0.2) is 82.8 Å². The lowest BCUT2D eigenvalue weighted by molar-refractivity contribution is 0.302. The van der Waals surface area contributed by atoms with Gasteiger partial charge in [0.1, 0.15) is 11.5 Å². The van der Waals surface area contributed by atoms with Crippen LogP contribution in [-0.2, 0) is 18.3 Å². The third kappa shape index (κ3) is 3.03. The maximum Gasteiger partial charge on any atom is 0.133 e. The second-order valence-electron chi connectivity index (χ2n) is 10.6. The number of benzene rings is 5. The van der Waals surface area contributed by atoms with E-state index in [2.05, 4.69) is 50.2 Å². The second-order valence-corrected chi connectivity index (χ2v) is 10.6. The molecule has 0 amide bonds. The maximum absolute atomic E-state index is 11.6. The SMILES string of the molecule is CCc1cccc2c1N=c1ccc(c3c(O)c4ccccc4c(O)c13)=Nc1c(CC)cccc1C21CCC1. The van der Waals surface area contributed by atoms with Crippen molar-refractivity contribution in [2.24, 2.45) is 9.98 Å². The average molecular weight is 499 g/mol. The summed E-state index contributed by atoms with van der Waals surface area (Å²) in [5.74, 6) is 0.252. The van der Waals surface area contributed by atoms with Crippen molar-refractivity contribution in [2.45, 2.75) is 51.4 Å². The summed E-state index contributed by atoms with van der Waals surface area (Å²) < 4.78 is 0. The van der Waals surface area contributed by atoms with Gasteiger partial charge in [-0.25, -0.2) is 9.98 Å². The summed E-state index contributed by atoms with van der Waals surface area (Å²) in [4.78, 5) is 10.6. The van der Waals surface area contributed by atoms with Crippen molar-refractivity contribution in [3.8, 4) is 11.5 Å². The average Bonchev–Trinajstić information content (AvgIpc) is 2.96. The van der Waals surface area contributed by atoms with Crippen LogP contribution in [0.2, 0.25) is 0 Å². The Bertz CT molecular complexity index is 1770. The first-order valence-corrected chi connectivity index (χ1v) is 13.6. The molecule has 2 bridgehead atoms. The third-order valence-electron chi connectivity index (χ3n) is 8.78. The molecule has 1 fully saturated rings. The molecule has 2 aliphatic rings. The van der Waals surface area contributed by atoms with E-state index in [1.54, 1.807) is 0 Å². The molecule has 1 saturated carbocycles. The van der Waals surface area contributed by atoms with Crippen molar-refractivity contribution in [3.63, 3.8) is 0 Å². The van der Waals surface area contributed by atoms with Crippen LogP contribution >= 0.6 is 0 Å². The summed E-state index contributed by atoms with van der Waals surface area (Å²) in [7, 11) is 0. The molecule has 1 aliphatic carbocycles. The van der Waals surface area contributed by atoms with Crippen LogP contribution in [0.4, 0.5) is 11.4 Å². The first-order chi connectivity index (χ1) is 18.6. The second kappa shape index (κ2) is 8.42. The Morgan fingerprint density at radius 3 is 1.50 bits per heavy atom. The van der Waals surface area contributed by atoms with Crippen LogP contribution in [0, 0.1) is 0 Å². The van der Waals surface area contributed by atoms with Crippen LogP contribution in [-0.4, -0.2) is 10.2 Å². The molecule has 1 aliphatic heterocycles. The third-order valence-corrected chi connectivity index (χ3v) is 8.78. The molecule has 2 N–H and O–H groups in total. The zero-order valence-electron chi connectivity index (χ0n) is 21.8. The Balaban J connectivity index is 1.79. The van der Waals surface area contributed by atoms with Crippen LogP contribution in [0.3, 0.4) is 0 Å². The van der Waals surface area contributed by atoms with Crippen molar-refractivity contribution >= 4 is 32.9 Å². The maximum atomic E-state index is 11.6. The minimum absolute atomic E-state index is 0.126. The highest BCUT2D eigenvalue weighted by Gasteiger charge is 2.44. The smallest absolute Gasteiger partial charge is 0.133 e. The van der Waals surface area contributed by atoms with Crippen LogP contribution in [0.25, 0.3) is 21.5 Å². The zero-order chi connectivity index (χ0) is 26.0. The quantitative estimate of drug-likeness (QED) is 0.199. The summed E-state index contributed by atoms with van der Waals surface area (Å²) in [5, 5.41) is 26.9. The Kier molecular flexibility index (Phi) is 5.09. The van der Waals surface area contributed by atoms with Crippen molar-refractivity contribution in [3.05, 3.63) is 106 Å². The summed E-state index contributed by atoms with van der Waals surface area (Å²) in [6.07, 6.45) is 4.95. The summed E-state index contributed by atoms with van der Waals surface area (Å²) in [6, 6.07) is 24.4. The van der Waals surface area contributed by atoms with Crippen LogP contribution in [0.5, 0.6) is 11.5 Å². The summed E-state index contributed by atoms with van der Waals surface area (Å²) >= 11 is 0. The largest absolute Gasteiger partial charge is 0.507 e. The Morgan fingerprint density at radius 1 is 0.632 bits per heavy atom. The van der Waals surface area contributed by atoms with Gasteiger partial charge in [0.25, 0.3) is 0 Å². The Hall–Kier alpha value is -4.18. The lowest BCUT2D eigenvalue weighted by Crippen LogP contribution is -2.36. The molecule has 0 unspecified atom stereocenters. The zero-order valence-corrected chi connectivity index (χ0v) is 21.8. The number of fused-ring (bicyclic) bond motifs is 11. The molecule has 0 atom stereocenters. The van der Waals surface area contributed by atoms with E-state index in [0.29, 0.717) is 32.3 Å². The molecular weight excluding hydrogens is 468 g/mol. The van der Waals surface area contributed by atoms with Crippen LogP contribution < -0.4 is 10.7 Å². The van der Waals surface area contributed by atoms with Crippen LogP contribution in [0.1, 0.15) is 55.4 Å². The van der Waals surface area contributed by atoms with Gasteiger partial charge >= 0.3 is 0 Å². The predicted molar refractivity (Wildman–Crippen MR) is 153 cm³/mol. The number of rotatable bonds is 2. The van der Waals surface area contributed by atoms with E-state index in [9.17, 15) is 10.2 Å². The molecule has 4 nitrogen and oxygen atoms in total. The van der Waals surface area contributed by atoms with Gasteiger partial charge in [-0.3, -0.25) is 0 Å². The molecule has 1 spiro atoms. The van der Waals surface area contributed by atoms with Crippen molar-refractivity contribution < 1.29 is 10.2 Å². The predicted octanol–water partition coefficient (Wildman–Crippen LogP) is 7.22. The van der Waals surface area contributed by atoms with Gasteiger partial charge in [-0.1, -0.05) is 80.9 Å². The van der Waals surface area contributed by atoms with Gasteiger partial charge in [0, 0.05) is 16.2 Å². The van der Waals surface area contributed by atoms with Crippen molar-refractivity contribution in [1.82, 2.24) is 0 Å². The van der Waals surface area contributed by atoms with Gasteiger partial charge in [-0.2, -0.15) is 0 Å². The lowest BCUT2D eigenvalue weighted by atomic mass is 9.59. The highest BCUT2D eigenvalue weighted by molar-refractivity contribution is 6.10. The summed E-state index contributed by atoms with van der Waals surface area (Å²) in [5.41, 5.74) is 6.61. The van der Waals surface area contributed by atoms with E-state index >= 15 is 0 Å². The van der Waals surface area contributed by atoms with E-state index in [0.717, 1.165) is 43.5 Å². The number of para-hydroxylation sites is 2. The normalized spacial score (nSPS) is 15.3. The fourth-order valence-corrected chi connectivity index (χ4v) is 6.66. The van der Waals surface area contributed by atoms with Gasteiger partial charge in [-0.05, 0) is 60.1 Å². The number of phenolic OH excluding ortho intramolecular Hbond substituents is 2. The number of nitrogens with zero attached hydrogens (tertiary/aromatic N) is 2. The molecule has 0 radical (unpaired) electrons. The molecule has 5 aromatic rings. The minimum Gasteiger partial charge on any atom is -0.507 e. The molecule has 0 saturated heterocycles. The molecule has 188 valence electrons. The van der Waals surface area contributed by atoms with Crippen molar-refractivity contribution in [1.29, 1.82) is 0 Å². The van der Waals surface area contributed by atoms with Crippen molar-refractivity contribution in [2.75, 3.05) is 0 Å². The van der Waals surface area contributed by atoms with E-state index < -0.39 is 0 Å². The van der Waals surface area contributed by atoms with E-state index in [1.807, 2.05) is 36.4 Å². The standard InChI is InChI=1S/C34H30N2O2/c1-3-20-10-7-14-24-30(20)35-26-16-17-27(29-28(26)32(37)22-12-5-6-13-23(22)33(29)38)36-31-21(4-2)11-8-15-25(31)34(24)18-9-19-34/h5-8,10-17,37-38H,3-4,9,18-19H2,1-2H3. The molecule has 1 heterocycles. The Morgan fingerprint density at radius 2 is 1.11 bits per heavy atom. The first-order valence-electron chi connectivity index (χ1n) is 13.6. The number of aryl methyl sites for hydroxylation is 2. The molecule has 38 heavy (non-hydrogen) atoms. The molecule has 7 rings (SSSR count). The molecule has 4 heteroatoms. The topological polar surface area (TPSA) is 65.2 Å². The highest BCUT2D eigenvalue weighted by Crippen LogP contribution is 2.55. The highest BCUT2D eigenvalue weighted by atomic mass is 16.3. The fraction of sp³-hybridized carbons (Fsp3) is 0.235. The van der Waals surface area contributed by atoms with E-state index in [4.69, 9.17) is 9.98 Å². The van der Waals surface area contributed by atoms with Gasteiger partial charge in [0.05, 0.1) is 32.9 Å². The van der Waals surface area contributed by atoms with E-state index in [-0.39, 0.29) is 16.9 Å². The minimum atomic E-state index is -0.167. The molecular formula is C34H30N2O2. The lowest BCUT2D eigenvalue weighted by Gasteiger charge is -2.44. The van der Waals surface area contributed by atoms with Gasteiger partial charge < -0.3 is 10.2 Å². The fourth-order valence-electron chi connectivity index (χ4n) is 6.66. The molecule has 5 aromatic carbocycles. The first kappa shape index (κ1) is 23.0. The summed E-state index contributed by atoms with van der Waals surface area (Å²) in [6.45, 7) is 4.33.